The standard InChI is InChI=1S/C57H58F2N10O11/c1-2-38-42(58)10-7-33-27-37(70)28-40(46(33)38)49-48(59)50-41(29-62-49)51(67-30-34-8-9-35(31-67)63-34)66-55(65-50)79-20-16-57-14-4-19-68(57)36(13-15-57)32-80-56(75)61-18-22-77-24-26-78-25-23-76-21-17-60-43-6-3-5-39-47(43)54(74)69(53(39)73)44-11-12-45(71)64-52(44)72/h1,3,5-7,10,16,20,27-29,32,34-35,44,60,63,70H,4,8-9,11-15,17-19,21-26,30-31H2,(H,61,75)(H,64,71,72)/b20-16+,36-32+/t34?,35?,44?,57-/m0/s1. The van der Waals surface area contributed by atoms with Crippen LogP contribution >= 0.6 is 0 Å². The molecule has 0 saturated carbocycles. The molecule has 2 aromatic heterocycles. The number of imide groups is 2. The van der Waals surface area contributed by atoms with Crippen LogP contribution in [0.3, 0.4) is 0 Å². The SMILES string of the molecule is C#Cc1c(F)ccc2cc(O)cc(-c3ncc4c(N5CC6CCC(C5)N6)nc(O/C=C/[C@@]56CCCN5/C(=C/OC(=O)NCCOCCOCCOCCNc5cccc7c5C(=O)N(C5CCC(=O)NC5=O)C7=O)CC6)nc4c3F)c12. The Morgan fingerprint density at radius 1 is 0.912 bits per heavy atom. The number of piperazine rings is 1. The Balaban J connectivity index is 0.629. The van der Waals surface area contributed by atoms with E-state index >= 15 is 8.78 Å². The van der Waals surface area contributed by atoms with Crippen LogP contribution in [0.4, 0.5) is 25.1 Å². The van der Waals surface area contributed by atoms with Gasteiger partial charge in [0.25, 0.3) is 11.8 Å². The predicted molar refractivity (Wildman–Crippen MR) is 286 cm³/mol. The summed E-state index contributed by atoms with van der Waals surface area (Å²) in [7, 11) is 0. The lowest BCUT2D eigenvalue weighted by Crippen LogP contribution is -2.54. The molecule has 416 valence electrons. The molecule has 5 fully saturated rings. The highest BCUT2D eigenvalue weighted by atomic mass is 19.1. The van der Waals surface area contributed by atoms with Gasteiger partial charge < -0.3 is 54.5 Å². The maximum Gasteiger partial charge on any atom is 0.412 e. The molecule has 5 aromatic rings. The van der Waals surface area contributed by atoms with E-state index in [9.17, 15) is 29.1 Å². The normalized spacial score (nSPS) is 21.9. The summed E-state index contributed by atoms with van der Waals surface area (Å²) >= 11 is 0. The number of carbonyl (C=O) groups is 5. The van der Waals surface area contributed by atoms with Gasteiger partial charge in [0.2, 0.25) is 11.8 Å². The Hall–Kier alpha value is -8.30. The number of benzene rings is 3. The zero-order valence-corrected chi connectivity index (χ0v) is 43.6. The van der Waals surface area contributed by atoms with E-state index in [-0.39, 0.29) is 102 Å². The Bertz CT molecular complexity index is 3400. The van der Waals surface area contributed by atoms with Crippen LogP contribution < -0.4 is 30.9 Å². The number of phenolic OH excluding ortho intramolecular Hbond substituents is 1. The number of anilines is 2. The molecule has 0 spiro atoms. The molecule has 8 heterocycles. The van der Waals surface area contributed by atoms with E-state index in [0.29, 0.717) is 68.2 Å². The number of rotatable bonds is 20. The van der Waals surface area contributed by atoms with Crippen LogP contribution in [-0.4, -0.2) is 156 Å². The molecular weight excluding hydrogens is 1040 g/mol. The lowest BCUT2D eigenvalue weighted by atomic mass is 9.94. The highest BCUT2D eigenvalue weighted by molar-refractivity contribution is 6.25. The zero-order valence-electron chi connectivity index (χ0n) is 43.6. The quantitative estimate of drug-likeness (QED) is 0.0283. The summed E-state index contributed by atoms with van der Waals surface area (Å²) in [5.41, 5.74) is 1.03. The van der Waals surface area contributed by atoms with Crippen molar-refractivity contribution in [2.24, 2.45) is 0 Å². The van der Waals surface area contributed by atoms with E-state index in [0.717, 1.165) is 49.2 Å². The summed E-state index contributed by atoms with van der Waals surface area (Å²) < 4.78 is 60.6. The summed E-state index contributed by atoms with van der Waals surface area (Å²) in [5, 5.41) is 23.3. The Labute approximate surface area is 458 Å². The number of nitrogens with one attached hydrogen (secondary N) is 4. The van der Waals surface area contributed by atoms with Crippen LogP contribution in [0.15, 0.2) is 73.0 Å². The van der Waals surface area contributed by atoms with Crippen molar-refractivity contribution in [2.45, 2.75) is 75.0 Å². The minimum Gasteiger partial charge on any atom is -0.508 e. The van der Waals surface area contributed by atoms with E-state index in [1.54, 1.807) is 12.1 Å². The van der Waals surface area contributed by atoms with E-state index in [1.807, 2.05) is 6.08 Å². The third-order valence-corrected chi connectivity index (χ3v) is 15.4. The smallest absolute Gasteiger partial charge is 0.412 e. The number of alkyl carbamates (subject to hydrolysis) is 1. The number of halogens is 2. The second-order valence-corrected chi connectivity index (χ2v) is 20.4. The first kappa shape index (κ1) is 53.7. The molecule has 6 aliphatic heterocycles. The molecule has 5 N–H and O–H groups in total. The van der Waals surface area contributed by atoms with Crippen LogP contribution in [-0.2, 0) is 28.5 Å². The molecule has 5 amide bonds. The van der Waals surface area contributed by atoms with Crippen LogP contribution in [0.25, 0.3) is 32.9 Å². The van der Waals surface area contributed by atoms with Crippen molar-refractivity contribution < 1.29 is 61.5 Å². The van der Waals surface area contributed by atoms with Gasteiger partial charge in [0.15, 0.2) is 5.82 Å². The minimum absolute atomic E-state index is 0.0384. The monoisotopic (exact) mass is 1100 g/mol. The lowest BCUT2D eigenvalue weighted by Gasteiger charge is -2.34. The number of pyridine rings is 1. The number of nitrogens with zero attached hydrogens (tertiary/aromatic N) is 6. The first-order valence-electron chi connectivity index (χ1n) is 26.8. The fourth-order valence-electron chi connectivity index (χ4n) is 11.7. The molecule has 21 nitrogen and oxygen atoms in total. The van der Waals surface area contributed by atoms with Gasteiger partial charge >= 0.3 is 12.1 Å². The van der Waals surface area contributed by atoms with Crippen molar-refractivity contribution in [3.63, 3.8) is 0 Å². The fraction of sp³-hybridized carbons (Fsp3) is 0.404. The van der Waals surface area contributed by atoms with E-state index < -0.39 is 52.9 Å². The molecule has 2 bridgehead atoms. The summed E-state index contributed by atoms with van der Waals surface area (Å²) in [6.45, 7) is 4.25. The van der Waals surface area contributed by atoms with Crippen molar-refractivity contribution in [3.05, 3.63) is 101 Å². The number of carbonyl (C=O) groups excluding carboxylic acids is 5. The zero-order chi connectivity index (χ0) is 55.5. The Kier molecular flexibility index (Phi) is 15.6. The number of piperidine rings is 1. The molecule has 6 aliphatic rings. The number of aromatic nitrogens is 3. The number of terminal acetylenes is 1. The maximum atomic E-state index is 17.1. The van der Waals surface area contributed by atoms with E-state index in [2.05, 4.69) is 47.0 Å². The average Bonchev–Trinajstić information content (AvgIpc) is 4.30. The van der Waals surface area contributed by atoms with Crippen LogP contribution in [0.1, 0.15) is 77.6 Å². The second kappa shape index (κ2) is 23.2. The van der Waals surface area contributed by atoms with Gasteiger partial charge in [0.1, 0.15) is 40.9 Å². The van der Waals surface area contributed by atoms with Crippen LogP contribution in [0.5, 0.6) is 11.8 Å². The molecule has 4 atom stereocenters. The first-order chi connectivity index (χ1) is 38.9. The summed E-state index contributed by atoms with van der Waals surface area (Å²) in [4.78, 5) is 82.2. The summed E-state index contributed by atoms with van der Waals surface area (Å²) in [6.07, 6.45) is 16.8. The molecule has 11 rings (SSSR count). The number of aromatic hydroxyl groups is 1. The molecule has 0 radical (unpaired) electrons. The first-order valence-corrected chi connectivity index (χ1v) is 26.8. The number of hydrogen-bond acceptors (Lipinski definition) is 18. The van der Waals surface area contributed by atoms with Crippen LogP contribution in [0.2, 0.25) is 0 Å². The van der Waals surface area contributed by atoms with Gasteiger partial charge in [-0.2, -0.15) is 9.97 Å². The van der Waals surface area contributed by atoms with Gasteiger partial charge in [0, 0.05) is 74.1 Å². The number of phenols is 1. The third-order valence-electron chi connectivity index (χ3n) is 15.4. The lowest BCUT2D eigenvalue weighted by molar-refractivity contribution is -0.136. The predicted octanol–water partition coefficient (Wildman–Crippen LogP) is 5.40. The van der Waals surface area contributed by atoms with E-state index in [1.165, 1.54) is 49.1 Å². The van der Waals surface area contributed by atoms with Crippen LogP contribution in [0, 0.1) is 24.0 Å². The van der Waals surface area contributed by atoms with Crippen molar-refractivity contribution in [1.82, 2.24) is 40.7 Å². The van der Waals surface area contributed by atoms with Crippen molar-refractivity contribution in [1.29, 1.82) is 0 Å². The molecule has 23 heteroatoms. The fourth-order valence-corrected chi connectivity index (χ4v) is 11.7. The Morgan fingerprint density at radius 3 is 2.46 bits per heavy atom. The van der Waals surface area contributed by atoms with Gasteiger partial charge in [-0.1, -0.05) is 18.1 Å². The highest BCUT2D eigenvalue weighted by Gasteiger charge is 2.47. The number of fused-ring (bicyclic) bond motifs is 6. The van der Waals surface area contributed by atoms with E-state index in [4.69, 9.17) is 35.1 Å². The number of allylic oxidation sites excluding steroid dienone is 1. The molecule has 80 heavy (non-hydrogen) atoms. The topological polar surface area (TPSA) is 248 Å². The van der Waals surface area contributed by atoms with Crippen molar-refractivity contribution in [2.75, 3.05) is 82.6 Å². The second-order valence-electron chi connectivity index (χ2n) is 20.4. The van der Waals surface area contributed by atoms with Gasteiger partial charge in [-0.05, 0) is 86.7 Å². The average molecular weight is 1100 g/mol. The Morgan fingerprint density at radius 2 is 1.69 bits per heavy atom. The van der Waals surface area contributed by atoms with Gasteiger partial charge in [0.05, 0.1) is 79.2 Å². The third kappa shape index (κ3) is 10.8. The molecule has 3 unspecified atom stereocenters. The molecule has 5 saturated heterocycles. The van der Waals surface area contributed by atoms with Crippen molar-refractivity contribution in [3.8, 4) is 35.4 Å². The molecular formula is C57H58F2N10O11. The van der Waals surface area contributed by atoms with Gasteiger partial charge in [-0.25, -0.2) is 13.6 Å². The molecule has 3 aromatic carbocycles. The maximum absolute atomic E-state index is 17.1. The summed E-state index contributed by atoms with van der Waals surface area (Å²) in [5.74, 6) is -1.08. The van der Waals surface area contributed by atoms with Gasteiger partial charge in [-0.3, -0.25) is 34.4 Å². The summed E-state index contributed by atoms with van der Waals surface area (Å²) in [6, 6.07) is 9.61. The number of ether oxygens (including phenoxy) is 5. The molecule has 0 aliphatic carbocycles. The number of amides is 5. The number of hydrogen-bond donors (Lipinski definition) is 5. The minimum atomic E-state index is -1.05. The van der Waals surface area contributed by atoms with Gasteiger partial charge in [-0.15, -0.1) is 6.42 Å². The highest BCUT2D eigenvalue weighted by Crippen LogP contribution is 2.46. The largest absolute Gasteiger partial charge is 0.508 e. The van der Waals surface area contributed by atoms with Crippen molar-refractivity contribution >= 4 is 62.9 Å².